The summed E-state index contributed by atoms with van der Waals surface area (Å²) in [7, 11) is 0. The van der Waals surface area contributed by atoms with Gasteiger partial charge in [-0.15, -0.1) is 0 Å². The van der Waals surface area contributed by atoms with Crippen molar-refractivity contribution < 1.29 is 14.5 Å². The fourth-order valence-electron chi connectivity index (χ4n) is 4.08. The van der Waals surface area contributed by atoms with Gasteiger partial charge >= 0.3 is 5.69 Å². The number of benzene rings is 1. The molecule has 1 aromatic heterocycles. The van der Waals surface area contributed by atoms with Crippen molar-refractivity contribution in [3.63, 3.8) is 0 Å². The molecular formula is C21H24N4O5S. The number of fused-ring (bicyclic) bond motifs is 1. The Morgan fingerprint density at radius 1 is 1.32 bits per heavy atom. The minimum atomic E-state index is -0.508. The largest absolute Gasteiger partial charge is 0.376 e. The zero-order valence-corrected chi connectivity index (χ0v) is 17.9. The van der Waals surface area contributed by atoms with Gasteiger partial charge in [-0.05, 0) is 44.6 Å². The number of thioether (sulfide) groups is 1. The first-order valence-corrected chi connectivity index (χ1v) is 11.4. The molecule has 1 saturated heterocycles. The van der Waals surface area contributed by atoms with E-state index >= 15 is 0 Å². The lowest BCUT2D eigenvalue weighted by molar-refractivity contribution is -0.384. The van der Waals surface area contributed by atoms with Gasteiger partial charge in [0, 0.05) is 35.7 Å². The first-order valence-electron chi connectivity index (χ1n) is 10.4. The number of nitrogens with one attached hydrogen (secondary N) is 1. The molecule has 2 aromatic rings. The third-order valence-electron chi connectivity index (χ3n) is 5.54. The molecule has 1 atom stereocenters. The lowest BCUT2D eigenvalue weighted by atomic mass is 9.97. The average molecular weight is 445 g/mol. The molecule has 0 saturated carbocycles. The third-order valence-corrected chi connectivity index (χ3v) is 6.56. The molecule has 10 heteroatoms. The van der Waals surface area contributed by atoms with E-state index in [-0.39, 0.29) is 29.1 Å². The Bertz CT molecular complexity index is 1050. The standard InChI is InChI=1S/C21H24N4O5S/c26-19(22-14-5-3-6-15(11-14)25(28)29)13-31-20-17-8-1-2-9-18(17)24(21(27)23-20)12-16-7-4-10-30-16/h3,5-6,11,16H,1-2,4,7-10,12-13H2,(H,22,26). The van der Waals surface area contributed by atoms with Crippen molar-refractivity contribution in [3.05, 3.63) is 56.1 Å². The van der Waals surface area contributed by atoms with Crippen molar-refractivity contribution in [1.82, 2.24) is 9.55 Å². The summed E-state index contributed by atoms with van der Waals surface area (Å²) in [5, 5.41) is 14.2. The quantitative estimate of drug-likeness (QED) is 0.302. The maximum absolute atomic E-state index is 12.8. The molecule has 1 amide bonds. The number of amides is 1. The molecule has 1 fully saturated rings. The van der Waals surface area contributed by atoms with E-state index in [2.05, 4.69) is 10.3 Å². The summed E-state index contributed by atoms with van der Waals surface area (Å²) < 4.78 is 7.47. The summed E-state index contributed by atoms with van der Waals surface area (Å²) in [5.74, 6) is -0.238. The number of hydrogen-bond acceptors (Lipinski definition) is 7. The molecular weight excluding hydrogens is 420 g/mol. The molecule has 1 aromatic carbocycles. The molecule has 164 valence electrons. The molecule has 31 heavy (non-hydrogen) atoms. The van der Waals surface area contributed by atoms with E-state index in [4.69, 9.17) is 4.74 Å². The lowest BCUT2D eigenvalue weighted by Crippen LogP contribution is -2.34. The Morgan fingerprint density at radius 2 is 2.16 bits per heavy atom. The van der Waals surface area contributed by atoms with Crippen LogP contribution in [0.3, 0.4) is 0 Å². The zero-order valence-electron chi connectivity index (χ0n) is 17.0. The first-order chi connectivity index (χ1) is 15.0. The Balaban J connectivity index is 1.47. The van der Waals surface area contributed by atoms with E-state index in [1.165, 1.54) is 30.0 Å². The summed E-state index contributed by atoms with van der Waals surface area (Å²) >= 11 is 1.24. The summed E-state index contributed by atoms with van der Waals surface area (Å²) in [6.45, 7) is 1.27. The van der Waals surface area contributed by atoms with Crippen LogP contribution in [-0.4, -0.2) is 38.8 Å². The van der Waals surface area contributed by atoms with Crippen molar-refractivity contribution >= 4 is 29.0 Å². The number of anilines is 1. The number of ether oxygens (including phenoxy) is 1. The fraction of sp³-hybridized carbons (Fsp3) is 0.476. The lowest BCUT2D eigenvalue weighted by Gasteiger charge is -2.24. The van der Waals surface area contributed by atoms with Gasteiger partial charge < -0.3 is 10.1 Å². The van der Waals surface area contributed by atoms with Gasteiger partial charge in [-0.2, -0.15) is 4.98 Å². The number of non-ortho nitro benzene ring substituents is 1. The average Bonchev–Trinajstić information content (AvgIpc) is 3.28. The zero-order chi connectivity index (χ0) is 21.8. The van der Waals surface area contributed by atoms with E-state index in [9.17, 15) is 19.7 Å². The van der Waals surface area contributed by atoms with Gasteiger partial charge in [-0.3, -0.25) is 19.5 Å². The second-order valence-corrected chi connectivity index (χ2v) is 8.69. The summed E-state index contributed by atoms with van der Waals surface area (Å²) in [4.78, 5) is 39.8. The summed E-state index contributed by atoms with van der Waals surface area (Å²) in [6.07, 6.45) is 5.75. The van der Waals surface area contributed by atoms with Crippen LogP contribution in [0.2, 0.25) is 0 Å². The van der Waals surface area contributed by atoms with Gasteiger partial charge in [-0.1, -0.05) is 17.8 Å². The number of nitrogens with zero attached hydrogens (tertiary/aromatic N) is 3. The summed E-state index contributed by atoms with van der Waals surface area (Å²) in [6, 6.07) is 5.80. The molecule has 0 spiro atoms. The SMILES string of the molecule is O=C(CSc1nc(=O)n(CC2CCCO2)c2c1CCCC2)Nc1cccc([N+](=O)[O-])c1. The maximum atomic E-state index is 12.8. The number of carbonyl (C=O) groups is 1. The predicted octanol–water partition coefficient (Wildman–Crippen LogP) is 2.94. The molecule has 0 bridgehead atoms. The molecule has 1 N–H and O–H groups in total. The minimum Gasteiger partial charge on any atom is -0.376 e. The molecule has 0 radical (unpaired) electrons. The monoisotopic (exact) mass is 444 g/mol. The van der Waals surface area contributed by atoms with E-state index in [1.807, 2.05) is 0 Å². The molecule has 4 rings (SSSR count). The first kappa shape index (κ1) is 21.5. The number of carbonyl (C=O) groups excluding carboxylic acids is 1. The van der Waals surface area contributed by atoms with Gasteiger partial charge in [0.15, 0.2) is 0 Å². The normalized spacial score (nSPS) is 17.9. The van der Waals surface area contributed by atoms with Crippen LogP contribution >= 0.6 is 11.8 Å². The number of nitro benzene ring substituents is 1. The molecule has 1 aliphatic carbocycles. The number of hydrogen-bond donors (Lipinski definition) is 1. The Kier molecular flexibility index (Phi) is 6.67. The van der Waals surface area contributed by atoms with Crippen LogP contribution in [0.15, 0.2) is 34.1 Å². The highest BCUT2D eigenvalue weighted by molar-refractivity contribution is 8.00. The van der Waals surface area contributed by atoms with Crippen molar-refractivity contribution in [2.75, 3.05) is 17.7 Å². The number of nitro groups is 1. The van der Waals surface area contributed by atoms with Crippen molar-refractivity contribution in [1.29, 1.82) is 0 Å². The topological polar surface area (TPSA) is 116 Å². The second-order valence-electron chi connectivity index (χ2n) is 7.72. The van der Waals surface area contributed by atoms with Crippen LogP contribution in [0.4, 0.5) is 11.4 Å². The van der Waals surface area contributed by atoms with Crippen LogP contribution in [0, 0.1) is 10.1 Å². The third kappa shape index (κ3) is 5.13. The number of rotatable bonds is 7. The number of aromatic nitrogens is 2. The molecule has 9 nitrogen and oxygen atoms in total. The van der Waals surface area contributed by atoms with Crippen LogP contribution in [0.25, 0.3) is 0 Å². The van der Waals surface area contributed by atoms with E-state index < -0.39 is 4.92 Å². The fourth-order valence-corrected chi connectivity index (χ4v) is 4.95. The highest BCUT2D eigenvalue weighted by atomic mass is 32.2. The molecule has 2 heterocycles. The Hall–Kier alpha value is -2.72. The predicted molar refractivity (Wildman–Crippen MR) is 117 cm³/mol. The maximum Gasteiger partial charge on any atom is 0.348 e. The highest BCUT2D eigenvalue weighted by Crippen LogP contribution is 2.29. The van der Waals surface area contributed by atoms with Gasteiger partial charge in [0.1, 0.15) is 5.03 Å². The van der Waals surface area contributed by atoms with E-state index in [1.54, 1.807) is 10.6 Å². The highest BCUT2D eigenvalue weighted by Gasteiger charge is 2.24. The van der Waals surface area contributed by atoms with Crippen molar-refractivity contribution in [2.24, 2.45) is 0 Å². The second kappa shape index (κ2) is 9.61. The molecule has 2 aliphatic rings. The van der Waals surface area contributed by atoms with Crippen LogP contribution in [0.1, 0.15) is 36.9 Å². The van der Waals surface area contributed by atoms with Crippen molar-refractivity contribution in [3.8, 4) is 0 Å². The van der Waals surface area contributed by atoms with Gasteiger partial charge in [0.2, 0.25) is 5.91 Å². The molecule has 1 aliphatic heterocycles. The van der Waals surface area contributed by atoms with Crippen LogP contribution < -0.4 is 11.0 Å². The van der Waals surface area contributed by atoms with Crippen LogP contribution in [0.5, 0.6) is 0 Å². The Morgan fingerprint density at radius 3 is 2.94 bits per heavy atom. The van der Waals surface area contributed by atoms with Crippen LogP contribution in [-0.2, 0) is 28.9 Å². The van der Waals surface area contributed by atoms with Gasteiger partial charge in [-0.25, -0.2) is 4.79 Å². The minimum absolute atomic E-state index is 0.0599. The van der Waals surface area contributed by atoms with Gasteiger partial charge in [0.25, 0.3) is 5.69 Å². The van der Waals surface area contributed by atoms with Gasteiger partial charge in [0.05, 0.1) is 23.3 Å². The smallest absolute Gasteiger partial charge is 0.348 e. The molecule has 1 unspecified atom stereocenters. The Labute approximate surface area is 183 Å². The van der Waals surface area contributed by atoms with E-state index in [0.29, 0.717) is 17.3 Å². The van der Waals surface area contributed by atoms with E-state index in [0.717, 1.165) is 56.4 Å². The summed E-state index contributed by atoms with van der Waals surface area (Å²) in [5.41, 5.74) is 2.05. The van der Waals surface area contributed by atoms with Crippen molar-refractivity contribution in [2.45, 2.75) is 56.2 Å².